The summed E-state index contributed by atoms with van der Waals surface area (Å²) in [5.74, 6) is 0. The first-order chi connectivity index (χ1) is 7.34. The lowest BCUT2D eigenvalue weighted by atomic mass is 10.1. The van der Waals surface area contributed by atoms with E-state index in [9.17, 15) is 0 Å². The van der Waals surface area contributed by atoms with Gasteiger partial charge in [0.15, 0.2) is 0 Å². The fourth-order valence-electron chi connectivity index (χ4n) is 1.71. The summed E-state index contributed by atoms with van der Waals surface area (Å²) < 4.78 is 0. The lowest BCUT2D eigenvalue weighted by molar-refractivity contribution is 0.361. The van der Waals surface area contributed by atoms with Gasteiger partial charge < -0.3 is 4.90 Å². The van der Waals surface area contributed by atoms with Gasteiger partial charge in [-0.15, -0.1) is 0 Å². The molecule has 1 aromatic carbocycles. The summed E-state index contributed by atoms with van der Waals surface area (Å²) >= 11 is 0. The summed E-state index contributed by atoms with van der Waals surface area (Å²) in [5.41, 5.74) is 2.73. The van der Waals surface area contributed by atoms with Crippen molar-refractivity contribution in [3.63, 3.8) is 0 Å². The zero-order valence-corrected chi connectivity index (χ0v) is 9.19. The molecule has 1 nitrogen and oxygen atoms in total. The number of benzene rings is 1. The van der Waals surface area contributed by atoms with Gasteiger partial charge in [-0.1, -0.05) is 48.6 Å². The van der Waals surface area contributed by atoms with E-state index in [4.69, 9.17) is 0 Å². The first-order valence-corrected chi connectivity index (χ1v) is 5.45. The second kappa shape index (κ2) is 4.94. The van der Waals surface area contributed by atoms with Crippen LogP contribution in [0.3, 0.4) is 0 Å². The predicted molar refractivity (Wildman–Crippen MR) is 65.7 cm³/mol. The third-order valence-electron chi connectivity index (χ3n) is 2.74. The molecule has 0 fully saturated rings. The summed E-state index contributed by atoms with van der Waals surface area (Å²) in [6, 6.07) is 10.5. The molecule has 0 amide bonds. The van der Waals surface area contributed by atoms with Crippen LogP contribution >= 0.6 is 0 Å². The van der Waals surface area contributed by atoms with Crippen molar-refractivity contribution in [2.45, 2.75) is 6.42 Å². The van der Waals surface area contributed by atoms with Gasteiger partial charge in [-0.25, -0.2) is 0 Å². The Morgan fingerprint density at radius 3 is 2.60 bits per heavy atom. The molecule has 0 aromatic heterocycles. The Balaban J connectivity index is 2.00. The molecule has 0 atom stereocenters. The third-order valence-corrected chi connectivity index (χ3v) is 2.74. The zero-order valence-electron chi connectivity index (χ0n) is 9.19. The highest BCUT2D eigenvalue weighted by Gasteiger charge is 2.04. The lowest BCUT2D eigenvalue weighted by Gasteiger charge is -2.20. The van der Waals surface area contributed by atoms with Crippen molar-refractivity contribution in [3.05, 3.63) is 53.6 Å². The number of nitrogens with zero attached hydrogens (tertiary/aromatic N) is 1. The Hall–Kier alpha value is -1.34. The number of hydrogen-bond acceptors (Lipinski definition) is 1. The van der Waals surface area contributed by atoms with Crippen LogP contribution in [-0.4, -0.2) is 25.0 Å². The molecule has 0 unspecified atom stereocenters. The highest BCUT2D eigenvalue weighted by molar-refractivity contribution is 5.52. The molecular formula is C14H17N. The van der Waals surface area contributed by atoms with E-state index in [1.54, 1.807) is 0 Å². The van der Waals surface area contributed by atoms with E-state index in [0.717, 1.165) is 6.54 Å². The van der Waals surface area contributed by atoms with Crippen molar-refractivity contribution in [1.29, 1.82) is 0 Å². The van der Waals surface area contributed by atoms with Crippen LogP contribution in [0.25, 0.3) is 6.08 Å². The van der Waals surface area contributed by atoms with Gasteiger partial charge in [0.05, 0.1) is 0 Å². The molecule has 1 aliphatic rings. The molecule has 0 spiro atoms. The monoisotopic (exact) mass is 199 g/mol. The summed E-state index contributed by atoms with van der Waals surface area (Å²) in [4.78, 5) is 2.33. The molecule has 1 aliphatic heterocycles. The molecule has 0 radical (unpaired) electrons. The summed E-state index contributed by atoms with van der Waals surface area (Å²) in [7, 11) is 2.16. The molecule has 15 heavy (non-hydrogen) atoms. The molecule has 0 aliphatic carbocycles. The second-order valence-corrected chi connectivity index (χ2v) is 4.04. The molecule has 2 rings (SSSR count). The highest BCUT2D eigenvalue weighted by Crippen LogP contribution is 2.12. The van der Waals surface area contributed by atoms with Crippen molar-refractivity contribution in [1.82, 2.24) is 4.90 Å². The minimum absolute atomic E-state index is 1.08. The van der Waals surface area contributed by atoms with Gasteiger partial charge in [0, 0.05) is 13.1 Å². The van der Waals surface area contributed by atoms with Crippen LogP contribution in [-0.2, 0) is 0 Å². The van der Waals surface area contributed by atoms with E-state index in [-0.39, 0.29) is 0 Å². The van der Waals surface area contributed by atoms with Crippen LogP contribution in [0.4, 0.5) is 0 Å². The molecule has 0 bridgehead atoms. The SMILES string of the molecule is CN1CC=C(/C=C\c2ccccc2)CC1. The fourth-order valence-corrected chi connectivity index (χ4v) is 1.71. The summed E-state index contributed by atoms with van der Waals surface area (Å²) in [6.07, 6.45) is 7.91. The van der Waals surface area contributed by atoms with Crippen molar-refractivity contribution in [2.75, 3.05) is 20.1 Å². The van der Waals surface area contributed by atoms with Crippen LogP contribution in [0.5, 0.6) is 0 Å². The van der Waals surface area contributed by atoms with Crippen molar-refractivity contribution in [3.8, 4) is 0 Å². The maximum absolute atomic E-state index is 2.33. The molecule has 1 aromatic rings. The van der Waals surface area contributed by atoms with Gasteiger partial charge in [0.25, 0.3) is 0 Å². The quantitative estimate of drug-likeness (QED) is 0.708. The Bertz CT molecular complexity index is 362. The average Bonchev–Trinajstić information content (AvgIpc) is 2.30. The minimum Gasteiger partial charge on any atom is -0.302 e. The molecule has 0 saturated heterocycles. The first-order valence-electron chi connectivity index (χ1n) is 5.45. The van der Waals surface area contributed by atoms with E-state index in [1.807, 2.05) is 6.07 Å². The molecule has 1 heterocycles. The van der Waals surface area contributed by atoms with Crippen LogP contribution in [0.15, 0.2) is 48.1 Å². The first kappa shape index (κ1) is 10.2. The Morgan fingerprint density at radius 2 is 1.93 bits per heavy atom. The molecule has 78 valence electrons. The van der Waals surface area contributed by atoms with E-state index < -0.39 is 0 Å². The largest absolute Gasteiger partial charge is 0.302 e. The van der Waals surface area contributed by atoms with Crippen molar-refractivity contribution >= 4 is 6.08 Å². The minimum atomic E-state index is 1.08. The van der Waals surface area contributed by atoms with Gasteiger partial charge in [-0.3, -0.25) is 0 Å². The number of likely N-dealkylation sites (N-methyl/N-ethyl adjacent to an activating group) is 1. The number of rotatable bonds is 2. The fraction of sp³-hybridized carbons (Fsp3) is 0.286. The average molecular weight is 199 g/mol. The second-order valence-electron chi connectivity index (χ2n) is 4.04. The van der Waals surface area contributed by atoms with Crippen molar-refractivity contribution < 1.29 is 0 Å². The standard InChI is InChI=1S/C14H17N/c1-15-11-9-14(10-12-15)8-7-13-5-3-2-4-6-13/h2-9H,10-12H2,1H3/b8-7-. The Labute approximate surface area is 91.7 Å². The Kier molecular flexibility index (Phi) is 3.36. The molecule has 0 saturated carbocycles. The normalized spacial score (nSPS) is 18.1. The highest BCUT2D eigenvalue weighted by atomic mass is 15.1. The maximum Gasteiger partial charge on any atom is 0.0165 e. The topological polar surface area (TPSA) is 3.24 Å². The number of hydrogen-bond donors (Lipinski definition) is 0. The van der Waals surface area contributed by atoms with Crippen molar-refractivity contribution in [2.24, 2.45) is 0 Å². The summed E-state index contributed by atoms with van der Waals surface area (Å²) in [5, 5.41) is 0. The molecule has 1 heteroatoms. The third kappa shape index (κ3) is 3.07. The van der Waals surface area contributed by atoms with Crippen LogP contribution in [0.2, 0.25) is 0 Å². The van der Waals surface area contributed by atoms with Gasteiger partial charge >= 0.3 is 0 Å². The van der Waals surface area contributed by atoms with Gasteiger partial charge in [-0.2, -0.15) is 0 Å². The molecule has 0 N–H and O–H groups in total. The van der Waals surface area contributed by atoms with Gasteiger partial charge in [0.1, 0.15) is 0 Å². The smallest absolute Gasteiger partial charge is 0.0165 e. The summed E-state index contributed by atoms with van der Waals surface area (Å²) in [6.45, 7) is 2.25. The van der Waals surface area contributed by atoms with Crippen LogP contribution in [0, 0.1) is 0 Å². The van der Waals surface area contributed by atoms with Crippen LogP contribution in [0.1, 0.15) is 12.0 Å². The van der Waals surface area contributed by atoms with Gasteiger partial charge in [0.2, 0.25) is 0 Å². The zero-order chi connectivity index (χ0) is 10.5. The Morgan fingerprint density at radius 1 is 1.13 bits per heavy atom. The van der Waals surface area contributed by atoms with Gasteiger partial charge in [-0.05, 0) is 24.6 Å². The lowest BCUT2D eigenvalue weighted by Crippen LogP contribution is -2.23. The van der Waals surface area contributed by atoms with E-state index in [2.05, 4.69) is 54.4 Å². The predicted octanol–water partition coefficient (Wildman–Crippen LogP) is 2.96. The maximum atomic E-state index is 2.33. The van der Waals surface area contributed by atoms with E-state index in [1.165, 1.54) is 24.1 Å². The number of allylic oxidation sites excluding steroid dienone is 1. The van der Waals surface area contributed by atoms with Crippen LogP contribution < -0.4 is 0 Å². The van der Waals surface area contributed by atoms with E-state index >= 15 is 0 Å². The van der Waals surface area contributed by atoms with E-state index in [0.29, 0.717) is 0 Å². The molecular weight excluding hydrogens is 182 g/mol.